The molecule has 0 saturated carbocycles. The molecule has 0 aliphatic rings. The van der Waals surface area contributed by atoms with Gasteiger partial charge in [0.15, 0.2) is 0 Å². The van der Waals surface area contributed by atoms with Crippen LogP contribution in [-0.2, 0) is 4.74 Å². The third kappa shape index (κ3) is 6.02. The van der Waals surface area contributed by atoms with E-state index in [4.69, 9.17) is 4.74 Å². The molecule has 80 valence electrons. The number of hydrogen-bond acceptors (Lipinski definition) is 3. The number of nitrogens with one attached hydrogen (secondary N) is 2. The Morgan fingerprint density at radius 1 is 0.923 bits per heavy atom. The van der Waals surface area contributed by atoms with E-state index in [1.807, 2.05) is 14.1 Å². The van der Waals surface area contributed by atoms with Crippen LogP contribution < -0.4 is 10.6 Å². The van der Waals surface area contributed by atoms with Crippen LogP contribution in [0.5, 0.6) is 0 Å². The highest BCUT2D eigenvalue weighted by Crippen LogP contribution is 1.95. The van der Waals surface area contributed by atoms with Crippen molar-refractivity contribution in [3.8, 4) is 0 Å². The molecular formula is C10H24N2O. The Kier molecular flexibility index (Phi) is 8.40. The summed E-state index contributed by atoms with van der Waals surface area (Å²) in [5.74, 6) is 0. The van der Waals surface area contributed by atoms with Crippen molar-refractivity contribution in [2.75, 3.05) is 27.3 Å². The average Bonchev–Trinajstić information content (AvgIpc) is 2.19. The highest BCUT2D eigenvalue weighted by Gasteiger charge is 2.05. The molecule has 0 aromatic rings. The van der Waals surface area contributed by atoms with Gasteiger partial charge in [0, 0.05) is 12.1 Å². The minimum atomic E-state index is 0.495. The van der Waals surface area contributed by atoms with Gasteiger partial charge in [-0.25, -0.2) is 0 Å². The predicted molar refractivity (Wildman–Crippen MR) is 57.1 cm³/mol. The van der Waals surface area contributed by atoms with Gasteiger partial charge in [-0.1, -0.05) is 13.8 Å². The summed E-state index contributed by atoms with van der Waals surface area (Å²) in [6, 6.07) is 0.990. The fraction of sp³-hybridized carbons (Fsp3) is 1.00. The molecule has 2 unspecified atom stereocenters. The van der Waals surface area contributed by atoms with Crippen molar-refractivity contribution in [1.82, 2.24) is 10.6 Å². The molecule has 0 rings (SSSR count). The molecule has 2 N–H and O–H groups in total. The van der Waals surface area contributed by atoms with E-state index in [2.05, 4.69) is 24.5 Å². The van der Waals surface area contributed by atoms with E-state index >= 15 is 0 Å². The molecule has 0 fully saturated rings. The van der Waals surface area contributed by atoms with Gasteiger partial charge in [-0.15, -0.1) is 0 Å². The first-order valence-corrected chi connectivity index (χ1v) is 5.20. The maximum atomic E-state index is 5.60. The summed E-state index contributed by atoms with van der Waals surface area (Å²) in [5.41, 5.74) is 0. The lowest BCUT2D eigenvalue weighted by atomic mass is 10.2. The summed E-state index contributed by atoms with van der Waals surface area (Å²) in [6.07, 6.45) is 2.24. The van der Waals surface area contributed by atoms with E-state index in [0.717, 1.165) is 26.1 Å². The zero-order valence-corrected chi connectivity index (χ0v) is 9.39. The van der Waals surface area contributed by atoms with Gasteiger partial charge in [0.2, 0.25) is 0 Å². The van der Waals surface area contributed by atoms with Gasteiger partial charge in [-0.3, -0.25) is 0 Å². The maximum absolute atomic E-state index is 5.60. The highest BCUT2D eigenvalue weighted by atomic mass is 16.5. The molecule has 3 heteroatoms. The monoisotopic (exact) mass is 188 g/mol. The van der Waals surface area contributed by atoms with Crippen LogP contribution in [0, 0.1) is 0 Å². The van der Waals surface area contributed by atoms with Crippen molar-refractivity contribution in [3.05, 3.63) is 0 Å². The molecule has 2 atom stereocenters. The predicted octanol–water partition coefficient (Wildman–Crippen LogP) is 0.999. The van der Waals surface area contributed by atoms with Gasteiger partial charge in [0.05, 0.1) is 13.2 Å². The Hall–Kier alpha value is -0.120. The maximum Gasteiger partial charge on any atom is 0.0620 e. The quantitative estimate of drug-likeness (QED) is 0.596. The van der Waals surface area contributed by atoms with E-state index < -0.39 is 0 Å². The van der Waals surface area contributed by atoms with Gasteiger partial charge in [-0.05, 0) is 26.9 Å². The van der Waals surface area contributed by atoms with Gasteiger partial charge in [0.25, 0.3) is 0 Å². The molecule has 3 nitrogen and oxygen atoms in total. The van der Waals surface area contributed by atoms with Crippen LogP contribution in [0.3, 0.4) is 0 Å². The normalized spacial score (nSPS) is 15.7. The van der Waals surface area contributed by atoms with Gasteiger partial charge in [-0.2, -0.15) is 0 Å². The summed E-state index contributed by atoms with van der Waals surface area (Å²) < 4.78 is 5.60. The summed E-state index contributed by atoms with van der Waals surface area (Å²) >= 11 is 0. The first-order chi connectivity index (χ1) is 6.28. The molecule has 0 saturated heterocycles. The molecule has 0 aromatic carbocycles. The van der Waals surface area contributed by atoms with Crippen LogP contribution in [0.25, 0.3) is 0 Å². The third-order valence-corrected chi connectivity index (χ3v) is 2.44. The van der Waals surface area contributed by atoms with Gasteiger partial charge >= 0.3 is 0 Å². The van der Waals surface area contributed by atoms with Crippen molar-refractivity contribution in [1.29, 1.82) is 0 Å². The first kappa shape index (κ1) is 12.9. The Balaban J connectivity index is 3.41. The van der Waals surface area contributed by atoms with Crippen molar-refractivity contribution in [3.63, 3.8) is 0 Å². The lowest BCUT2D eigenvalue weighted by molar-refractivity contribution is 0.0934. The van der Waals surface area contributed by atoms with Crippen molar-refractivity contribution in [2.24, 2.45) is 0 Å². The van der Waals surface area contributed by atoms with Crippen LogP contribution in [0.15, 0.2) is 0 Å². The summed E-state index contributed by atoms with van der Waals surface area (Å²) in [6.45, 7) is 5.95. The number of ether oxygens (including phenoxy) is 1. The minimum Gasteiger partial charge on any atom is -0.378 e. The third-order valence-electron chi connectivity index (χ3n) is 2.44. The molecule has 0 aromatic heterocycles. The molecule has 13 heavy (non-hydrogen) atoms. The number of rotatable bonds is 8. The van der Waals surface area contributed by atoms with Crippen LogP contribution in [0.4, 0.5) is 0 Å². The SMILES string of the molecule is CCC(COCC(CC)NC)NC. The molecule has 0 amide bonds. The Bertz CT molecular complexity index is 89.1. The van der Waals surface area contributed by atoms with E-state index in [0.29, 0.717) is 12.1 Å². The van der Waals surface area contributed by atoms with E-state index in [1.54, 1.807) is 0 Å². The molecule has 0 heterocycles. The van der Waals surface area contributed by atoms with Crippen LogP contribution in [-0.4, -0.2) is 39.4 Å². The molecule has 0 bridgehead atoms. The van der Waals surface area contributed by atoms with Crippen molar-refractivity contribution in [2.45, 2.75) is 38.8 Å². The summed E-state index contributed by atoms with van der Waals surface area (Å²) in [4.78, 5) is 0. The zero-order valence-electron chi connectivity index (χ0n) is 9.39. The van der Waals surface area contributed by atoms with Crippen molar-refractivity contribution < 1.29 is 4.74 Å². The molecule has 0 aliphatic carbocycles. The molecular weight excluding hydrogens is 164 g/mol. The molecule has 0 spiro atoms. The van der Waals surface area contributed by atoms with Gasteiger partial charge < -0.3 is 15.4 Å². The second-order valence-electron chi connectivity index (χ2n) is 3.33. The smallest absolute Gasteiger partial charge is 0.0620 e. The zero-order chi connectivity index (χ0) is 10.1. The first-order valence-electron chi connectivity index (χ1n) is 5.20. The van der Waals surface area contributed by atoms with E-state index in [1.165, 1.54) is 0 Å². The van der Waals surface area contributed by atoms with Crippen LogP contribution in [0.2, 0.25) is 0 Å². The standard InChI is InChI=1S/C10H24N2O/c1-5-9(11-3)7-13-8-10(6-2)12-4/h9-12H,5-8H2,1-4H3. The van der Waals surface area contributed by atoms with E-state index in [9.17, 15) is 0 Å². The minimum absolute atomic E-state index is 0.495. The lowest BCUT2D eigenvalue weighted by Gasteiger charge is -2.17. The number of likely N-dealkylation sites (N-methyl/N-ethyl adjacent to an activating group) is 2. The Morgan fingerprint density at radius 2 is 1.31 bits per heavy atom. The number of hydrogen-bond donors (Lipinski definition) is 2. The topological polar surface area (TPSA) is 33.3 Å². The summed E-state index contributed by atoms with van der Waals surface area (Å²) in [5, 5.41) is 6.43. The van der Waals surface area contributed by atoms with E-state index in [-0.39, 0.29) is 0 Å². The highest BCUT2D eigenvalue weighted by molar-refractivity contribution is 4.63. The second-order valence-corrected chi connectivity index (χ2v) is 3.33. The van der Waals surface area contributed by atoms with Crippen molar-refractivity contribution >= 4 is 0 Å². The fourth-order valence-corrected chi connectivity index (χ4v) is 1.16. The van der Waals surface area contributed by atoms with Crippen LogP contribution in [0.1, 0.15) is 26.7 Å². The Labute approximate surface area is 82.2 Å². The molecule has 0 aliphatic heterocycles. The molecule has 0 radical (unpaired) electrons. The lowest BCUT2D eigenvalue weighted by Crippen LogP contribution is -2.34. The second kappa shape index (κ2) is 8.48. The summed E-state index contributed by atoms with van der Waals surface area (Å²) in [7, 11) is 3.96. The Morgan fingerprint density at radius 3 is 1.54 bits per heavy atom. The fourth-order valence-electron chi connectivity index (χ4n) is 1.16. The average molecular weight is 188 g/mol. The largest absolute Gasteiger partial charge is 0.378 e. The van der Waals surface area contributed by atoms with Crippen LogP contribution >= 0.6 is 0 Å². The van der Waals surface area contributed by atoms with Gasteiger partial charge in [0.1, 0.15) is 0 Å².